The standard InChI is InChI=1S/C5H4N2.W/c1-2-7-4-3-6-5-7;/h1-3,5H;/q-2;+2. The topological polar surface area (TPSA) is 17.8 Å². The summed E-state index contributed by atoms with van der Waals surface area (Å²) in [6, 6.07) is 0. The van der Waals surface area contributed by atoms with Gasteiger partial charge < -0.3 is 16.1 Å². The van der Waals surface area contributed by atoms with E-state index in [0.29, 0.717) is 0 Å². The minimum atomic E-state index is 0. The third-order valence-corrected chi connectivity index (χ3v) is 0.633. The van der Waals surface area contributed by atoms with Gasteiger partial charge in [-0.1, -0.05) is 6.20 Å². The molecular formula is C5H4N2W. The quantitative estimate of drug-likeness (QED) is 0.686. The number of rotatable bonds is 1. The van der Waals surface area contributed by atoms with Gasteiger partial charge in [0, 0.05) is 0 Å². The molecule has 0 saturated heterocycles. The van der Waals surface area contributed by atoms with Crippen molar-refractivity contribution in [1.29, 1.82) is 0 Å². The molecule has 1 heterocycles. The van der Waals surface area contributed by atoms with Gasteiger partial charge in [0.25, 0.3) is 0 Å². The van der Waals surface area contributed by atoms with Gasteiger partial charge in [-0.15, -0.1) is 0 Å². The molecule has 0 bridgehead atoms. The number of aromatic nitrogens is 2. The SMILES string of the molecule is [CH-]=Cn1[c-]cnc1.[W+2]. The minimum absolute atomic E-state index is 0. The third-order valence-electron chi connectivity index (χ3n) is 0.633. The summed E-state index contributed by atoms with van der Waals surface area (Å²) in [5.74, 6) is 0. The Morgan fingerprint density at radius 3 is 2.75 bits per heavy atom. The van der Waals surface area contributed by atoms with Gasteiger partial charge in [0.05, 0.1) is 0 Å². The maximum Gasteiger partial charge on any atom is 2.00 e. The summed E-state index contributed by atoms with van der Waals surface area (Å²) in [6.07, 6.45) is 7.21. The molecule has 0 aliphatic rings. The molecule has 8 heavy (non-hydrogen) atoms. The fourth-order valence-corrected chi connectivity index (χ4v) is 0.320. The first-order chi connectivity index (χ1) is 3.43. The zero-order chi connectivity index (χ0) is 5.11. The number of nitrogens with zero attached hydrogens (tertiary/aromatic N) is 2. The molecule has 3 heteroatoms. The van der Waals surface area contributed by atoms with Crippen LogP contribution in [0.3, 0.4) is 0 Å². The van der Waals surface area contributed by atoms with E-state index >= 15 is 0 Å². The summed E-state index contributed by atoms with van der Waals surface area (Å²) < 4.78 is 1.54. The Hall–Kier alpha value is -0.362. The van der Waals surface area contributed by atoms with Gasteiger partial charge >= 0.3 is 21.1 Å². The van der Waals surface area contributed by atoms with Gasteiger partial charge in [-0.25, -0.2) is 0 Å². The fourth-order valence-electron chi connectivity index (χ4n) is 0.320. The minimum Gasteiger partial charge on any atom is -0.569 e. The van der Waals surface area contributed by atoms with E-state index in [-0.39, 0.29) is 21.1 Å². The van der Waals surface area contributed by atoms with E-state index < -0.39 is 0 Å². The van der Waals surface area contributed by atoms with E-state index in [0.717, 1.165) is 0 Å². The van der Waals surface area contributed by atoms with E-state index in [2.05, 4.69) is 11.2 Å². The molecule has 2 nitrogen and oxygen atoms in total. The Morgan fingerprint density at radius 1 is 1.75 bits per heavy atom. The normalized spacial score (nSPS) is 7.50. The summed E-state index contributed by atoms with van der Waals surface area (Å²) in [5.41, 5.74) is 0. The van der Waals surface area contributed by atoms with Crippen LogP contribution in [0.5, 0.6) is 0 Å². The predicted molar refractivity (Wildman–Crippen MR) is 26.1 cm³/mol. The van der Waals surface area contributed by atoms with Crippen molar-refractivity contribution >= 4 is 6.20 Å². The van der Waals surface area contributed by atoms with Gasteiger partial charge in [-0.2, -0.15) is 0 Å². The Bertz CT molecular complexity index is 145. The Balaban J connectivity index is 0.000000490. The first-order valence-electron chi connectivity index (χ1n) is 1.88. The molecule has 1 rings (SSSR count). The van der Waals surface area contributed by atoms with E-state index in [1.807, 2.05) is 0 Å². The first kappa shape index (κ1) is 7.64. The monoisotopic (exact) mass is 276 g/mol. The third kappa shape index (κ3) is 1.63. The van der Waals surface area contributed by atoms with Crippen molar-refractivity contribution in [2.75, 3.05) is 0 Å². The van der Waals surface area contributed by atoms with E-state index in [1.165, 1.54) is 6.20 Å². The van der Waals surface area contributed by atoms with Gasteiger partial charge in [0.2, 0.25) is 0 Å². The van der Waals surface area contributed by atoms with E-state index in [9.17, 15) is 0 Å². The van der Waals surface area contributed by atoms with Crippen LogP contribution in [-0.2, 0) is 21.1 Å². The summed E-state index contributed by atoms with van der Waals surface area (Å²) in [6.45, 7) is 5.06. The summed E-state index contributed by atoms with van der Waals surface area (Å²) in [4.78, 5) is 3.69. The molecule has 1 aromatic heterocycles. The maximum absolute atomic E-state index is 5.06. The van der Waals surface area contributed by atoms with Crippen LogP contribution < -0.4 is 0 Å². The predicted octanol–water partition coefficient (Wildman–Crippen LogP) is 0.584. The van der Waals surface area contributed by atoms with Crippen molar-refractivity contribution in [1.82, 2.24) is 9.55 Å². The average molecular weight is 276 g/mol. The molecule has 0 unspecified atom stereocenters. The molecule has 0 spiro atoms. The molecule has 0 radical (unpaired) electrons. The van der Waals surface area contributed by atoms with Crippen LogP contribution in [0.25, 0.3) is 6.20 Å². The molecule has 40 valence electrons. The first-order valence-corrected chi connectivity index (χ1v) is 1.88. The van der Waals surface area contributed by atoms with Crippen molar-refractivity contribution in [2.24, 2.45) is 0 Å². The van der Waals surface area contributed by atoms with E-state index in [4.69, 9.17) is 6.58 Å². The summed E-state index contributed by atoms with van der Waals surface area (Å²) in [7, 11) is 0. The van der Waals surface area contributed by atoms with Crippen molar-refractivity contribution in [2.45, 2.75) is 0 Å². The van der Waals surface area contributed by atoms with Crippen molar-refractivity contribution in [3.63, 3.8) is 0 Å². The van der Waals surface area contributed by atoms with Crippen molar-refractivity contribution < 1.29 is 21.1 Å². The molecule has 1 aromatic rings. The molecular weight excluding hydrogens is 272 g/mol. The van der Waals surface area contributed by atoms with E-state index in [1.54, 1.807) is 17.1 Å². The second-order valence-electron chi connectivity index (χ2n) is 1.08. The molecule has 0 N–H and O–H groups in total. The average Bonchev–Trinajstić information content (AvgIpc) is 2.14. The molecule has 0 saturated carbocycles. The summed E-state index contributed by atoms with van der Waals surface area (Å²) >= 11 is 0. The largest absolute Gasteiger partial charge is 2.00 e. The zero-order valence-corrected chi connectivity index (χ0v) is 7.05. The van der Waals surface area contributed by atoms with Gasteiger partial charge in [0.1, 0.15) is 0 Å². The van der Waals surface area contributed by atoms with Crippen molar-refractivity contribution in [3.05, 3.63) is 25.3 Å². The number of hydrogen-bond donors (Lipinski definition) is 0. The molecule has 0 aromatic carbocycles. The number of hydrogen-bond acceptors (Lipinski definition) is 1. The van der Waals surface area contributed by atoms with Crippen LogP contribution in [0.15, 0.2) is 12.5 Å². The number of imidazole rings is 1. The molecule has 0 fully saturated rings. The second-order valence-corrected chi connectivity index (χ2v) is 1.08. The Morgan fingerprint density at radius 2 is 2.50 bits per heavy atom. The van der Waals surface area contributed by atoms with Crippen LogP contribution in [0, 0.1) is 12.8 Å². The van der Waals surface area contributed by atoms with Crippen LogP contribution >= 0.6 is 0 Å². The van der Waals surface area contributed by atoms with Gasteiger partial charge in [0.15, 0.2) is 0 Å². The molecule has 0 atom stereocenters. The maximum atomic E-state index is 5.06. The van der Waals surface area contributed by atoms with Gasteiger partial charge in [-0.05, 0) is 12.5 Å². The fraction of sp³-hybridized carbons (Fsp3) is 0. The van der Waals surface area contributed by atoms with Crippen LogP contribution in [0.1, 0.15) is 0 Å². The zero-order valence-electron chi connectivity index (χ0n) is 4.11. The van der Waals surface area contributed by atoms with Crippen LogP contribution in [0.4, 0.5) is 0 Å². The Kier molecular flexibility index (Phi) is 3.45. The van der Waals surface area contributed by atoms with Gasteiger partial charge in [-0.3, -0.25) is 6.20 Å². The molecule has 0 aliphatic carbocycles. The summed E-state index contributed by atoms with van der Waals surface area (Å²) in [5, 5.41) is 0. The second kappa shape index (κ2) is 3.62. The molecule has 0 amide bonds. The Labute approximate surface area is 62.5 Å². The van der Waals surface area contributed by atoms with Crippen LogP contribution in [0.2, 0.25) is 0 Å². The smallest absolute Gasteiger partial charge is 0.569 e. The van der Waals surface area contributed by atoms with Crippen LogP contribution in [-0.4, -0.2) is 9.55 Å². The molecule has 0 aliphatic heterocycles. The van der Waals surface area contributed by atoms with Crippen molar-refractivity contribution in [3.8, 4) is 0 Å².